The van der Waals surface area contributed by atoms with Gasteiger partial charge >= 0.3 is 0 Å². The largest absolute Gasteiger partial charge is 0.309 e. The molecule has 0 N–H and O–H groups in total. The van der Waals surface area contributed by atoms with Crippen molar-refractivity contribution in [3.05, 3.63) is 11.5 Å². The molecule has 0 aliphatic heterocycles. The van der Waals surface area contributed by atoms with Crippen LogP contribution in [0.3, 0.4) is 0 Å². The molecular formula is C16H25ClN4. The van der Waals surface area contributed by atoms with E-state index in [2.05, 4.69) is 16.6 Å². The van der Waals surface area contributed by atoms with E-state index < -0.39 is 0 Å². The zero-order valence-corrected chi connectivity index (χ0v) is 14.0. The maximum atomic E-state index is 6.01. The van der Waals surface area contributed by atoms with Gasteiger partial charge in [-0.15, -0.1) is 11.6 Å². The van der Waals surface area contributed by atoms with Gasteiger partial charge in [0.2, 0.25) is 0 Å². The molecule has 0 radical (unpaired) electrons. The molecule has 2 heterocycles. The summed E-state index contributed by atoms with van der Waals surface area (Å²) in [5, 5.41) is 4.56. The van der Waals surface area contributed by atoms with Crippen LogP contribution >= 0.6 is 11.6 Å². The molecule has 0 aromatic carbocycles. The fraction of sp³-hybridized carbons (Fsp3) is 0.750. The molecule has 0 amide bonds. The maximum Gasteiger partial charge on any atom is 0.158 e. The highest BCUT2D eigenvalue weighted by Crippen LogP contribution is 2.36. The number of alkyl halides is 1. The van der Waals surface area contributed by atoms with Crippen LogP contribution < -0.4 is 0 Å². The third kappa shape index (κ3) is 2.59. The minimum Gasteiger partial charge on any atom is -0.309 e. The first-order valence-corrected chi connectivity index (χ1v) is 8.63. The normalized spacial score (nSPS) is 23.6. The van der Waals surface area contributed by atoms with Crippen LogP contribution in [0, 0.1) is 12.8 Å². The summed E-state index contributed by atoms with van der Waals surface area (Å²) in [6, 6.07) is 0.533. The Hall–Kier alpha value is -1.03. The molecule has 4 nitrogen and oxygen atoms in total. The van der Waals surface area contributed by atoms with Crippen LogP contribution in [-0.2, 0) is 13.5 Å². The van der Waals surface area contributed by atoms with Crippen LogP contribution in [0.2, 0.25) is 0 Å². The molecule has 1 saturated carbocycles. The summed E-state index contributed by atoms with van der Waals surface area (Å²) in [6.07, 6.45) is 7.40. The Balaban J connectivity index is 2.15. The average Bonchev–Trinajstić information content (AvgIpc) is 2.84. The van der Waals surface area contributed by atoms with Crippen molar-refractivity contribution in [3.63, 3.8) is 0 Å². The lowest BCUT2D eigenvalue weighted by molar-refractivity contribution is 0.330. The van der Waals surface area contributed by atoms with Crippen LogP contribution in [0.1, 0.15) is 56.6 Å². The van der Waals surface area contributed by atoms with Gasteiger partial charge in [-0.25, -0.2) is 4.98 Å². The number of aromatic nitrogens is 4. The van der Waals surface area contributed by atoms with Crippen molar-refractivity contribution in [3.8, 4) is 0 Å². The molecule has 0 bridgehead atoms. The highest BCUT2D eigenvalue weighted by molar-refractivity contribution is 6.17. The van der Waals surface area contributed by atoms with E-state index in [0.29, 0.717) is 17.8 Å². The van der Waals surface area contributed by atoms with Crippen molar-refractivity contribution in [2.45, 2.75) is 58.4 Å². The fourth-order valence-corrected chi connectivity index (χ4v) is 3.98. The standard InChI is InChI=1S/C16H25ClN4/c1-11-7-5-4-6-8-13(11)21-14(9-10-17)18-15-12(2)19-20(3)16(15)21/h11,13H,4-10H2,1-3H3. The minimum atomic E-state index is 0.533. The van der Waals surface area contributed by atoms with Gasteiger partial charge in [0.1, 0.15) is 11.3 Å². The molecule has 0 saturated heterocycles. The van der Waals surface area contributed by atoms with Crippen LogP contribution in [-0.4, -0.2) is 25.2 Å². The van der Waals surface area contributed by atoms with Crippen molar-refractivity contribution >= 4 is 22.8 Å². The first-order chi connectivity index (χ1) is 10.1. The Bertz CT molecular complexity index is 628. The lowest BCUT2D eigenvalue weighted by atomic mass is 9.96. The van der Waals surface area contributed by atoms with E-state index in [1.165, 1.54) is 37.8 Å². The van der Waals surface area contributed by atoms with Crippen LogP contribution in [0.4, 0.5) is 0 Å². The Morgan fingerprint density at radius 2 is 2.00 bits per heavy atom. The molecule has 2 aromatic rings. The number of imidazole rings is 1. The fourth-order valence-electron chi connectivity index (χ4n) is 3.81. The summed E-state index contributed by atoms with van der Waals surface area (Å²) in [4.78, 5) is 4.86. The van der Waals surface area contributed by atoms with Gasteiger partial charge in [0.25, 0.3) is 0 Å². The lowest BCUT2D eigenvalue weighted by Gasteiger charge is -2.25. The van der Waals surface area contributed by atoms with E-state index >= 15 is 0 Å². The second-order valence-corrected chi connectivity index (χ2v) is 6.78. The summed E-state index contributed by atoms with van der Waals surface area (Å²) in [7, 11) is 2.03. The molecule has 2 unspecified atom stereocenters. The second kappa shape index (κ2) is 5.99. The number of hydrogen-bond donors (Lipinski definition) is 0. The number of halogens is 1. The third-order valence-electron chi connectivity index (χ3n) is 4.87. The molecule has 3 rings (SSSR count). The lowest BCUT2D eigenvalue weighted by Crippen LogP contribution is -2.20. The number of fused-ring (bicyclic) bond motifs is 1. The summed E-state index contributed by atoms with van der Waals surface area (Å²) in [6.45, 7) is 4.43. The highest BCUT2D eigenvalue weighted by atomic mass is 35.5. The van der Waals surface area contributed by atoms with Crippen molar-refractivity contribution in [1.82, 2.24) is 19.3 Å². The quantitative estimate of drug-likeness (QED) is 0.634. The minimum absolute atomic E-state index is 0.533. The molecule has 2 aromatic heterocycles. The third-order valence-corrected chi connectivity index (χ3v) is 5.06. The molecule has 5 heteroatoms. The van der Waals surface area contributed by atoms with E-state index in [-0.39, 0.29) is 0 Å². The summed E-state index contributed by atoms with van der Waals surface area (Å²) in [5.41, 5.74) is 3.24. The molecular weight excluding hydrogens is 284 g/mol. The Morgan fingerprint density at radius 1 is 1.24 bits per heavy atom. The second-order valence-electron chi connectivity index (χ2n) is 6.40. The number of aryl methyl sites for hydroxylation is 3. The van der Waals surface area contributed by atoms with Crippen molar-refractivity contribution in [1.29, 1.82) is 0 Å². The van der Waals surface area contributed by atoms with E-state index in [4.69, 9.17) is 16.6 Å². The SMILES string of the molecule is Cc1nn(C)c2c1nc(CCCl)n2C1CCCCCC1C. The Morgan fingerprint density at radius 3 is 2.76 bits per heavy atom. The predicted molar refractivity (Wildman–Crippen MR) is 86.9 cm³/mol. The zero-order chi connectivity index (χ0) is 15.0. The van der Waals surface area contributed by atoms with Crippen molar-refractivity contribution in [2.24, 2.45) is 13.0 Å². The number of nitrogens with zero attached hydrogens (tertiary/aromatic N) is 4. The number of hydrogen-bond acceptors (Lipinski definition) is 2. The van der Waals surface area contributed by atoms with Gasteiger partial charge in [0.15, 0.2) is 5.65 Å². The molecule has 2 atom stereocenters. The van der Waals surface area contributed by atoms with Gasteiger partial charge in [0.05, 0.1) is 5.69 Å². The van der Waals surface area contributed by atoms with Crippen LogP contribution in [0.25, 0.3) is 11.2 Å². The summed E-state index contributed by atoms with van der Waals surface area (Å²) in [5.74, 6) is 2.45. The molecule has 1 aliphatic rings. The molecule has 0 spiro atoms. The van der Waals surface area contributed by atoms with E-state index in [9.17, 15) is 0 Å². The smallest absolute Gasteiger partial charge is 0.158 e. The highest BCUT2D eigenvalue weighted by Gasteiger charge is 2.27. The van der Waals surface area contributed by atoms with E-state index in [0.717, 1.165) is 23.5 Å². The molecule has 1 aliphatic carbocycles. The summed E-state index contributed by atoms with van der Waals surface area (Å²) < 4.78 is 4.45. The molecule has 116 valence electrons. The van der Waals surface area contributed by atoms with E-state index in [1.807, 2.05) is 18.7 Å². The van der Waals surface area contributed by atoms with Gasteiger partial charge in [-0.2, -0.15) is 5.10 Å². The van der Waals surface area contributed by atoms with Crippen molar-refractivity contribution in [2.75, 3.05) is 5.88 Å². The first kappa shape index (κ1) is 14.9. The predicted octanol–water partition coefficient (Wildman–Crippen LogP) is 4.00. The number of rotatable bonds is 3. The average molecular weight is 309 g/mol. The van der Waals surface area contributed by atoms with E-state index in [1.54, 1.807) is 0 Å². The molecule has 21 heavy (non-hydrogen) atoms. The summed E-state index contributed by atoms with van der Waals surface area (Å²) >= 11 is 6.01. The molecule has 1 fully saturated rings. The van der Waals surface area contributed by atoms with Gasteiger partial charge < -0.3 is 4.57 Å². The van der Waals surface area contributed by atoms with Gasteiger partial charge in [-0.3, -0.25) is 4.68 Å². The maximum absolute atomic E-state index is 6.01. The van der Waals surface area contributed by atoms with Crippen molar-refractivity contribution < 1.29 is 0 Å². The Kier molecular flexibility index (Phi) is 4.25. The van der Waals surface area contributed by atoms with Crippen LogP contribution in [0.5, 0.6) is 0 Å². The topological polar surface area (TPSA) is 35.6 Å². The van der Waals surface area contributed by atoms with Gasteiger partial charge in [-0.05, 0) is 25.7 Å². The Labute approximate surface area is 131 Å². The zero-order valence-electron chi connectivity index (χ0n) is 13.3. The first-order valence-electron chi connectivity index (χ1n) is 8.10. The monoisotopic (exact) mass is 308 g/mol. The van der Waals surface area contributed by atoms with Gasteiger partial charge in [0, 0.05) is 25.4 Å². The van der Waals surface area contributed by atoms with Gasteiger partial charge in [-0.1, -0.05) is 26.2 Å². The van der Waals surface area contributed by atoms with Crippen LogP contribution in [0.15, 0.2) is 0 Å².